The molecule has 0 aromatic heterocycles. The summed E-state index contributed by atoms with van der Waals surface area (Å²) in [4.78, 5) is 2.09. The molecule has 2 nitrogen and oxygen atoms in total. The number of hydrogen-bond donors (Lipinski definition) is 1. The highest BCUT2D eigenvalue weighted by atomic mass is 79.9. The highest BCUT2D eigenvalue weighted by molar-refractivity contribution is 9.10. The molecule has 0 atom stereocenters. The zero-order valence-corrected chi connectivity index (χ0v) is 15.2. The van der Waals surface area contributed by atoms with Gasteiger partial charge in [0.25, 0.3) is 0 Å². The van der Waals surface area contributed by atoms with Crippen LogP contribution in [0.15, 0.2) is 45.3 Å². The van der Waals surface area contributed by atoms with E-state index in [0.717, 1.165) is 31.9 Å². The first-order valence-electron chi connectivity index (χ1n) is 6.12. The van der Waals surface area contributed by atoms with Crippen LogP contribution in [0.3, 0.4) is 0 Å². The molecule has 0 aliphatic carbocycles. The molecular formula is C15H15Br2ClN2. The first-order chi connectivity index (χ1) is 9.47. The first kappa shape index (κ1) is 15.7. The lowest BCUT2D eigenvalue weighted by molar-refractivity contribution is 1.09. The summed E-state index contributed by atoms with van der Waals surface area (Å²) in [7, 11) is 4.07. The van der Waals surface area contributed by atoms with Crippen LogP contribution in [-0.2, 0) is 6.54 Å². The van der Waals surface area contributed by atoms with E-state index in [1.54, 1.807) is 0 Å². The Labute approximate surface area is 141 Å². The van der Waals surface area contributed by atoms with Gasteiger partial charge in [0.1, 0.15) is 0 Å². The molecule has 0 bridgehead atoms. The second-order valence-corrected chi connectivity index (χ2v) is 6.85. The van der Waals surface area contributed by atoms with Crippen LogP contribution in [0.5, 0.6) is 0 Å². The predicted molar refractivity (Wildman–Crippen MR) is 94.9 cm³/mol. The monoisotopic (exact) mass is 416 g/mol. The van der Waals surface area contributed by atoms with Crippen molar-refractivity contribution in [2.45, 2.75) is 6.54 Å². The SMILES string of the molecule is CN(C)c1ccc(Br)cc1NCc1ccc(Cl)cc1Br. The van der Waals surface area contributed by atoms with Crippen LogP contribution < -0.4 is 10.2 Å². The van der Waals surface area contributed by atoms with Crippen molar-refractivity contribution in [2.24, 2.45) is 0 Å². The molecule has 0 heterocycles. The summed E-state index contributed by atoms with van der Waals surface area (Å²) in [6.07, 6.45) is 0. The van der Waals surface area contributed by atoms with Crippen LogP contribution in [0.2, 0.25) is 5.02 Å². The number of benzene rings is 2. The van der Waals surface area contributed by atoms with Crippen molar-refractivity contribution in [3.8, 4) is 0 Å². The van der Waals surface area contributed by atoms with E-state index in [2.05, 4.69) is 54.2 Å². The molecule has 1 N–H and O–H groups in total. The van der Waals surface area contributed by atoms with Crippen LogP contribution >= 0.6 is 43.5 Å². The zero-order valence-electron chi connectivity index (χ0n) is 11.3. The second kappa shape index (κ2) is 6.83. The Morgan fingerprint density at radius 1 is 1.10 bits per heavy atom. The highest BCUT2D eigenvalue weighted by Gasteiger charge is 2.06. The Balaban J connectivity index is 2.20. The van der Waals surface area contributed by atoms with Crippen molar-refractivity contribution >= 4 is 54.8 Å². The molecule has 0 unspecified atom stereocenters. The Morgan fingerprint density at radius 3 is 2.50 bits per heavy atom. The summed E-state index contributed by atoms with van der Waals surface area (Å²) >= 11 is 13.0. The van der Waals surface area contributed by atoms with E-state index < -0.39 is 0 Å². The summed E-state index contributed by atoms with van der Waals surface area (Å²) in [5, 5.41) is 4.20. The molecule has 0 amide bonds. The molecule has 2 aromatic carbocycles. The summed E-state index contributed by atoms with van der Waals surface area (Å²) in [6, 6.07) is 12.0. The van der Waals surface area contributed by atoms with Crippen molar-refractivity contribution in [1.82, 2.24) is 0 Å². The van der Waals surface area contributed by atoms with Gasteiger partial charge < -0.3 is 10.2 Å². The molecule has 0 aliphatic rings. The van der Waals surface area contributed by atoms with Crippen LogP contribution in [0.1, 0.15) is 5.56 Å². The van der Waals surface area contributed by atoms with Gasteiger partial charge in [-0.3, -0.25) is 0 Å². The lowest BCUT2D eigenvalue weighted by Gasteiger charge is -2.19. The average molecular weight is 419 g/mol. The standard InChI is InChI=1S/C15H15Br2ClN2/c1-20(2)15-6-4-11(16)7-14(15)19-9-10-3-5-12(18)8-13(10)17/h3-8,19H,9H2,1-2H3. The number of hydrogen-bond acceptors (Lipinski definition) is 2. The fourth-order valence-corrected chi connectivity index (χ4v) is 3.08. The van der Waals surface area contributed by atoms with Crippen molar-refractivity contribution in [3.63, 3.8) is 0 Å². The van der Waals surface area contributed by atoms with E-state index in [-0.39, 0.29) is 0 Å². The summed E-state index contributed by atoms with van der Waals surface area (Å²) in [6.45, 7) is 0.731. The van der Waals surface area contributed by atoms with Crippen LogP contribution in [-0.4, -0.2) is 14.1 Å². The molecule has 20 heavy (non-hydrogen) atoms. The highest BCUT2D eigenvalue weighted by Crippen LogP contribution is 2.29. The van der Waals surface area contributed by atoms with E-state index in [0.29, 0.717) is 0 Å². The van der Waals surface area contributed by atoms with Gasteiger partial charge in [-0.15, -0.1) is 0 Å². The van der Waals surface area contributed by atoms with Gasteiger partial charge in [-0.05, 0) is 35.9 Å². The average Bonchev–Trinajstić information content (AvgIpc) is 2.37. The Bertz CT molecular complexity index is 615. The first-order valence-corrected chi connectivity index (χ1v) is 8.08. The van der Waals surface area contributed by atoms with E-state index >= 15 is 0 Å². The second-order valence-electron chi connectivity index (χ2n) is 4.65. The smallest absolute Gasteiger partial charge is 0.0597 e. The van der Waals surface area contributed by atoms with E-state index in [1.807, 2.05) is 38.4 Å². The number of anilines is 2. The summed E-state index contributed by atoms with van der Waals surface area (Å²) < 4.78 is 2.07. The minimum Gasteiger partial charge on any atom is -0.379 e. The molecule has 0 fully saturated rings. The van der Waals surface area contributed by atoms with Crippen molar-refractivity contribution in [1.29, 1.82) is 0 Å². The Morgan fingerprint density at radius 2 is 1.85 bits per heavy atom. The molecular weight excluding hydrogens is 403 g/mol. The lowest BCUT2D eigenvalue weighted by Crippen LogP contribution is -2.12. The Hall–Kier alpha value is -0.710. The van der Waals surface area contributed by atoms with Gasteiger partial charge in [-0.2, -0.15) is 0 Å². The van der Waals surface area contributed by atoms with E-state index in [9.17, 15) is 0 Å². The third kappa shape index (κ3) is 3.90. The van der Waals surface area contributed by atoms with E-state index in [1.165, 1.54) is 5.56 Å². The Kier molecular flexibility index (Phi) is 5.35. The fourth-order valence-electron chi connectivity index (χ4n) is 1.90. The molecule has 2 aromatic rings. The van der Waals surface area contributed by atoms with Crippen molar-refractivity contribution < 1.29 is 0 Å². The van der Waals surface area contributed by atoms with Gasteiger partial charge in [-0.1, -0.05) is 49.5 Å². The third-order valence-electron chi connectivity index (χ3n) is 2.92. The van der Waals surface area contributed by atoms with Gasteiger partial charge >= 0.3 is 0 Å². The largest absolute Gasteiger partial charge is 0.379 e. The van der Waals surface area contributed by atoms with Crippen LogP contribution in [0.4, 0.5) is 11.4 Å². The third-order valence-corrected chi connectivity index (χ3v) is 4.39. The molecule has 0 saturated heterocycles. The normalized spacial score (nSPS) is 10.4. The predicted octanol–water partition coefficient (Wildman–Crippen LogP) is 5.54. The quantitative estimate of drug-likeness (QED) is 0.701. The molecule has 106 valence electrons. The molecule has 0 radical (unpaired) electrons. The van der Waals surface area contributed by atoms with Gasteiger partial charge in [0, 0.05) is 34.6 Å². The van der Waals surface area contributed by atoms with Crippen LogP contribution in [0.25, 0.3) is 0 Å². The lowest BCUT2D eigenvalue weighted by atomic mass is 10.2. The van der Waals surface area contributed by atoms with Gasteiger partial charge in [0.2, 0.25) is 0 Å². The maximum Gasteiger partial charge on any atom is 0.0597 e. The summed E-state index contributed by atoms with van der Waals surface area (Å²) in [5.74, 6) is 0. The molecule has 0 aliphatic heterocycles. The number of rotatable bonds is 4. The minimum absolute atomic E-state index is 0.731. The maximum absolute atomic E-state index is 5.96. The van der Waals surface area contributed by atoms with Crippen molar-refractivity contribution in [3.05, 3.63) is 55.9 Å². The molecule has 2 rings (SSSR count). The molecule has 5 heteroatoms. The number of halogens is 3. The number of nitrogens with one attached hydrogen (secondary N) is 1. The molecule has 0 saturated carbocycles. The molecule has 0 spiro atoms. The van der Waals surface area contributed by atoms with Crippen molar-refractivity contribution in [2.75, 3.05) is 24.3 Å². The summed E-state index contributed by atoms with van der Waals surface area (Å²) in [5.41, 5.74) is 3.41. The van der Waals surface area contributed by atoms with Gasteiger partial charge in [0.15, 0.2) is 0 Å². The zero-order chi connectivity index (χ0) is 14.7. The topological polar surface area (TPSA) is 15.3 Å². The number of nitrogens with zero attached hydrogens (tertiary/aromatic N) is 1. The van der Waals surface area contributed by atoms with Gasteiger partial charge in [-0.25, -0.2) is 0 Å². The van der Waals surface area contributed by atoms with Gasteiger partial charge in [0.05, 0.1) is 11.4 Å². The fraction of sp³-hybridized carbons (Fsp3) is 0.200. The van der Waals surface area contributed by atoms with E-state index in [4.69, 9.17) is 11.6 Å². The maximum atomic E-state index is 5.96. The van der Waals surface area contributed by atoms with Crippen LogP contribution in [0, 0.1) is 0 Å². The minimum atomic E-state index is 0.731.